The van der Waals surface area contributed by atoms with E-state index in [0.29, 0.717) is 18.8 Å². The van der Waals surface area contributed by atoms with Gasteiger partial charge in [-0.2, -0.15) is 5.10 Å². The minimum Gasteiger partial charge on any atom is -0.493 e. The third-order valence-corrected chi connectivity index (χ3v) is 4.08. The molecule has 24 heavy (non-hydrogen) atoms. The number of nitrogen functional groups attached to an aromatic ring is 1. The SMILES string of the molecule is CCCOc1ccc(N)cc1C1=NCc2c(c(CCC)nn2C)N1. The van der Waals surface area contributed by atoms with Crippen LogP contribution >= 0.6 is 0 Å². The average molecular weight is 327 g/mol. The molecule has 0 spiro atoms. The summed E-state index contributed by atoms with van der Waals surface area (Å²) in [5.74, 6) is 1.60. The number of anilines is 2. The van der Waals surface area contributed by atoms with E-state index in [9.17, 15) is 0 Å². The molecule has 0 radical (unpaired) electrons. The Morgan fingerprint density at radius 1 is 1.29 bits per heavy atom. The molecular weight excluding hydrogens is 302 g/mol. The highest BCUT2D eigenvalue weighted by Crippen LogP contribution is 2.30. The van der Waals surface area contributed by atoms with Crippen LogP contribution in [0.2, 0.25) is 0 Å². The van der Waals surface area contributed by atoms with Gasteiger partial charge < -0.3 is 15.8 Å². The smallest absolute Gasteiger partial charge is 0.137 e. The van der Waals surface area contributed by atoms with Gasteiger partial charge in [-0.3, -0.25) is 9.67 Å². The molecule has 0 amide bonds. The van der Waals surface area contributed by atoms with Crippen LogP contribution in [0.4, 0.5) is 11.4 Å². The molecule has 3 N–H and O–H groups in total. The lowest BCUT2D eigenvalue weighted by Crippen LogP contribution is -2.21. The lowest BCUT2D eigenvalue weighted by Gasteiger charge is -2.19. The number of nitrogens with two attached hydrogens (primary N) is 1. The van der Waals surface area contributed by atoms with Crippen LogP contribution < -0.4 is 15.8 Å². The number of amidine groups is 1. The van der Waals surface area contributed by atoms with Gasteiger partial charge in [0.25, 0.3) is 0 Å². The van der Waals surface area contributed by atoms with Gasteiger partial charge in [0.1, 0.15) is 11.6 Å². The third kappa shape index (κ3) is 3.09. The van der Waals surface area contributed by atoms with Gasteiger partial charge in [0.05, 0.1) is 35.8 Å². The molecular formula is C18H25N5O. The van der Waals surface area contributed by atoms with E-state index in [-0.39, 0.29) is 0 Å². The number of ether oxygens (including phenoxy) is 1. The summed E-state index contributed by atoms with van der Waals surface area (Å²) in [4.78, 5) is 4.69. The van der Waals surface area contributed by atoms with E-state index in [1.165, 1.54) is 0 Å². The van der Waals surface area contributed by atoms with E-state index < -0.39 is 0 Å². The van der Waals surface area contributed by atoms with E-state index in [4.69, 9.17) is 15.5 Å². The number of rotatable bonds is 6. The van der Waals surface area contributed by atoms with E-state index >= 15 is 0 Å². The molecule has 2 heterocycles. The highest BCUT2D eigenvalue weighted by molar-refractivity contribution is 6.11. The van der Waals surface area contributed by atoms with Gasteiger partial charge in [0, 0.05) is 12.7 Å². The molecule has 128 valence electrons. The van der Waals surface area contributed by atoms with Gasteiger partial charge in [-0.1, -0.05) is 20.3 Å². The lowest BCUT2D eigenvalue weighted by molar-refractivity contribution is 0.317. The monoisotopic (exact) mass is 327 g/mol. The summed E-state index contributed by atoms with van der Waals surface area (Å²) < 4.78 is 7.79. The Kier molecular flexibility index (Phi) is 4.74. The number of hydrogen-bond donors (Lipinski definition) is 2. The summed E-state index contributed by atoms with van der Waals surface area (Å²) in [5, 5.41) is 8.09. The maximum atomic E-state index is 5.98. The van der Waals surface area contributed by atoms with Crippen molar-refractivity contribution in [3.05, 3.63) is 35.2 Å². The van der Waals surface area contributed by atoms with Gasteiger partial charge in [-0.15, -0.1) is 0 Å². The molecule has 3 rings (SSSR count). The number of nitrogens with zero attached hydrogens (tertiary/aromatic N) is 3. The minimum atomic E-state index is 0.604. The summed E-state index contributed by atoms with van der Waals surface area (Å²) in [5.41, 5.74) is 10.9. The second-order valence-corrected chi connectivity index (χ2v) is 6.04. The van der Waals surface area contributed by atoms with Crippen LogP contribution in [0.3, 0.4) is 0 Å². The molecule has 1 aromatic carbocycles. The first-order chi connectivity index (χ1) is 11.6. The van der Waals surface area contributed by atoms with Crippen LogP contribution in [-0.2, 0) is 20.0 Å². The van der Waals surface area contributed by atoms with Crippen molar-refractivity contribution in [2.45, 2.75) is 39.7 Å². The zero-order valence-corrected chi connectivity index (χ0v) is 14.6. The van der Waals surface area contributed by atoms with Crippen LogP contribution in [0, 0.1) is 0 Å². The summed E-state index contributed by atoms with van der Waals surface area (Å²) in [7, 11) is 1.97. The standard InChI is InChI=1S/C18H25N5O/c1-4-6-14-17-15(23(3)22-14)11-20-18(21-17)13-10-12(19)7-8-16(13)24-9-5-2/h7-8,10H,4-6,9,11,19H2,1-3H3,(H,20,21). The normalized spacial score (nSPS) is 13.2. The maximum Gasteiger partial charge on any atom is 0.137 e. The van der Waals surface area contributed by atoms with Crippen LogP contribution in [0.15, 0.2) is 23.2 Å². The summed E-state index contributed by atoms with van der Waals surface area (Å²) >= 11 is 0. The molecule has 1 aliphatic heterocycles. The van der Waals surface area contributed by atoms with E-state index in [1.54, 1.807) is 0 Å². The van der Waals surface area contributed by atoms with Crippen molar-refractivity contribution >= 4 is 17.2 Å². The number of hydrogen-bond acceptors (Lipinski definition) is 5. The highest BCUT2D eigenvalue weighted by Gasteiger charge is 2.23. The van der Waals surface area contributed by atoms with Crippen molar-refractivity contribution in [1.29, 1.82) is 0 Å². The molecule has 0 unspecified atom stereocenters. The number of aryl methyl sites for hydroxylation is 2. The molecule has 0 saturated carbocycles. The molecule has 6 nitrogen and oxygen atoms in total. The van der Waals surface area contributed by atoms with Gasteiger partial charge in [0.15, 0.2) is 0 Å². The van der Waals surface area contributed by atoms with Crippen molar-refractivity contribution in [2.24, 2.45) is 12.0 Å². The Bertz CT molecular complexity index is 763. The molecule has 6 heteroatoms. The highest BCUT2D eigenvalue weighted by atomic mass is 16.5. The Morgan fingerprint density at radius 3 is 2.88 bits per heavy atom. The number of aliphatic imine (C=N–C) groups is 1. The van der Waals surface area contributed by atoms with Crippen LogP contribution in [-0.4, -0.2) is 22.2 Å². The van der Waals surface area contributed by atoms with Crippen LogP contribution in [0.25, 0.3) is 0 Å². The zero-order chi connectivity index (χ0) is 17.1. The Balaban J connectivity index is 1.95. The Hall–Kier alpha value is -2.50. The largest absolute Gasteiger partial charge is 0.493 e. The molecule has 0 bridgehead atoms. The predicted molar refractivity (Wildman–Crippen MR) is 97.7 cm³/mol. The first kappa shape index (κ1) is 16.4. The maximum absolute atomic E-state index is 5.98. The second-order valence-electron chi connectivity index (χ2n) is 6.04. The molecule has 1 aromatic heterocycles. The van der Waals surface area contributed by atoms with Crippen molar-refractivity contribution in [3.63, 3.8) is 0 Å². The van der Waals surface area contributed by atoms with Crippen molar-refractivity contribution in [3.8, 4) is 5.75 Å². The average Bonchev–Trinajstić information content (AvgIpc) is 2.89. The number of fused-ring (bicyclic) bond motifs is 1. The first-order valence-corrected chi connectivity index (χ1v) is 8.53. The molecule has 0 fully saturated rings. The van der Waals surface area contributed by atoms with Gasteiger partial charge >= 0.3 is 0 Å². The fourth-order valence-electron chi connectivity index (χ4n) is 2.89. The molecule has 2 aromatic rings. The quantitative estimate of drug-likeness (QED) is 0.799. The third-order valence-electron chi connectivity index (χ3n) is 4.08. The zero-order valence-electron chi connectivity index (χ0n) is 14.6. The minimum absolute atomic E-state index is 0.604. The summed E-state index contributed by atoms with van der Waals surface area (Å²) in [6.45, 7) is 5.52. The topological polar surface area (TPSA) is 77.5 Å². The fourth-order valence-corrected chi connectivity index (χ4v) is 2.89. The van der Waals surface area contributed by atoms with Gasteiger partial charge in [-0.25, -0.2) is 0 Å². The van der Waals surface area contributed by atoms with Crippen LogP contribution in [0.1, 0.15) is 43.6 Å². The molecule has 0 aliphatic carbocycles. The molecule has 1 aliphatic rings. The summed E-state index contributed by atoms with van der Waals surface area (Å²) in [6.07, 6.45) is 2.96. The van der Waals surface area contributed by atoms with E-state index in [0.717, 1.165) is 53.5 Å². The number of benzene rings is 1. The van der Waals surface area contributed by atoms with Gasteiger partial charge in [-0.05, 0) is 31.0 Å². The van der Waals surface area contributed by atoms with Crippen molar-refractivity contribution in [1.82, 2.24) is 9.78 Å². The Morgan fingerprint density at radius 2 is 2.12 bits per heavy atom. The summed E-state index contributed by atoms with van der Waals surface area (Å²) in [6, 6.07) is 5.68. The Labute approximate surface area is 142 Å². The van der Waals surface area contributed by atoms with Gasteiger partial charge in [0.2, 0.25) is 0 Å². The van der Waals surface area contributed by atoms with E-state index in [1.807, 2.05) is 29.9 Å². The van der Waals surface area contributed by atoms with Crippen LogP contribution in [0.5, 0.6) is 5.75 Å². The first-order valence-electron chi connectivity index (χ1n) is 8.53. The predicted octanol–water partition coefficient (Wildman–Crippen LogP) is 3.12. The van der Waals surface area contributed by atoms with Crippen molar-refractivity contribution < 1.29 is 4.74 Å². The molecule has 0 atom stereocenters. The second kappa shape index (κ2) is 6.95. The lowest BCUT2D eigenvalue weighted by atomic mass is 10.1. The fraction of sp³-hybridized carbons (Fsp3) is 0.444. The number of aromatic nitrogens is 2. The number of nitrogens with one attached hydrogen (secondary N) is 1. The van der Waals surface area contributed by atoms with Crippen molar-refractivity contribution in [2.75, 3.05) is 17.7 Å². The molecule has 0 saturated heterocycles. The van der Waals surface area contributed by atoms with E-state index in [2.05, 4.69) is 24.3 Å².